The SMILES string of the molecule is CC1(C(=O)N2CCN(CCN3C(=O)c4ccccc4C3=O)CC2)COC1. The third-order valence-electron chi connectivity index (χ3n) is 5.54. The molecule has 0 bridgehead atoms. The van der Waals surface area contributed by atoms with Gasteiger partial charge in [-0.2, -0.15) is 0 Å². The van der Waals surface area contributed by atoms with Crippen molar-refractivity contribution in [1.29, 1.82) is 0 Å². The van der Waals surface area contributed by atoms with Gasteiger partial charge in [0.25, 0.3) is 11.8 Å². The topological polar surface area (TPSA) is 70.2 Å². The highest BCUT2D eigenvalue weighted by molar-refractivity contribution is 6.21. The van der Waals surface area contributed by atoms with E-state index in [0.29, 0.717) is 50.5 Å². The summed E-state index contributed by atoms with van der Waals surface area (Å²) in [5.41, 5.74) is 0.621. The predicted octanol–water partition coefficient (Wildman–Crippen LogP) is 0.463. The first-order valence-electron chi connectivity index (χ1n) is 9.04. The molecule has 0 spiro atoms. The Kier molecular flexibility index (Phi) is 4.28. The van der Waals surface area contributed by atoms with E-state index in [0.717, 1.165) is 13.1 Å². The monoisotopic (exact) mass is 357 g/mol. The molecule has 26 heavy (non-hydrogen) atoms. The van der Waals surface area contributed by atoms with Crippen molar-refractivity contribution in [3.63, 3.8) is 0 Å². The van der Waals surface area contributed by atoms with E-state index >= 15 is 0 Å². The van der Waals surface area contributed by atoms with Crippen molar-refractivity contribution in [1.82, 2.24) is 14.7 Å². The molecule has 3 aliphatic heterocycles. The maximum Gasteiger partial charge on any atom is 0.261 e. The van der Waals surface area contributed by atoms with Gasteiger partial charge in [0.2, 0.25) is 5.91 Å². The average molecular weight is 357 g/mol. The fourth-order valence-corrected chi connectivity index (χ4v) is 3.77. The average Bonchev–Trinajstić information content (AvgIpc) is 2.89. The van der Waals surface area contributed by atoms with Gasteiger partial charge in [-0.25, -0.2) is 0 Å². The minimum Gasteiger partial charge on any atom is -0.379 e. The van der Waals surface area contributed by atoms with Crippen LogP contribution in [-0.4, -0.2) is 84.9 Å². The molecule has 0 unspecified atom stereocenters. The lowest BCUT2D eigenvalue weighted by Crippen LogP contribution is -2.58. The van der Waals surface area contributed by atoms with Crippen molar-refractivity contribution < 1.29 is 19.1 Å². The minimum atomic E-state index is -0.359. The Hall–Kier alpha value is -2.25. The second-order valence-corrected chi connectivity index (χ2v) is 7.49. The Labute approximate surface area is 152 Å². The van der Waals surface area contributed by atoms with E-state index in [1.165, 1.54) is 4.90 Å². The third kappa shape index (κ3) is 2.81. The number of ether oxygens (including phenoxy) is 1. The molecule has 1 aromatic rings. The molecule has 138 valence electrons. The molecule has 3 aliphatic rings. The molecule has 0 aliphatic carbocycles. The van der Waals surface area contributed by atoms with Crippen molar-refractivity contribution in [3.05, 3.63) is 35.4 Å². The lowest BCUT2D eigenvalue weighted by Gasteiger charge is -2.43. The van der Waals surface area contributed by atoms with Crippen LogP contribution in [0.2, 0.25) is 0 Å². The number of fused-ring (bicyclic) bond motifs is 1. The smallest absolute Gasteiger partial charge is 0.261 e. The Morgan fingerprint density at radius 2 is 1.58 bits per heavy atom. The number of carbonyl (C=O) groups excluding carboxylic acids is 3. The molecule has 0 atom stereocenters. The van der Waals surface area contributed by atoms with Gasteiger partial charge in [0, 0.05) is 39.3 Å². The molecule has 0 saturated carbocycles. The lowest BCUT2D eigenvalue weighted by molar-refractivity contribution is -0.170. The van der Waals surface area contributed by atoms with Gasteiger partial charge < -0.3 is 9.64 Å². The number of piperazine rings is 1. The van der Waals surface area contributed by atoms with Gasteiger partial charge in [-0.15, -0.1) is 0 Å². The predicted molar refractivity (Wildman–Crippen MR) is 93.8 cm³/mol. The maximum absolute atomic E-state index is 12.5. The summed E-state index contributed by atoms with van der Waals surface area (Å²) in [6.45, 7) is 6.84. The summed E-state index contributed by atoms with van der Waals surface area (Å²) in [6, 6.07) is 6.95. The Bertz CT molecular complexity index is 716. The van der Waals surface area contributed by atoms with Crippen LogP contribution in [0.15, 0.2) is 24.3 Å². The van der Waals surface area contributed by atoms with Crippen LogP contribution in [0.5, 0.6) is 0 Å². The first kappa shape index (κ1) is 17.2. The second-order valence-electron chi connectivity index (χ2n) is 7.49. The van der Waals surface area contributed by atoms with Gasteiger partial charge in [-0.1, -0.05) is 12.1 Å². The summed E-state index contributed by atoms with van der Waals surface area (Å²) in [5, 5.41) is 0. The van der Waals surface area contributed by atoms with Gasteiger partial charge in [0.05, 0.1) is 29.8 Å². The highest BCUT2D eigenvalue weighted by atomic mass is 16.5. The highest BCUT2D eigenvalue weighted by Gasteiger charge is 2.44. The summed E-state index contributed by atoms with van der Waals surface area (Å²) >= 11 is 0. The van der Waals surface area contributed by atoms with Crippen LogP contribution in [0.1, 0.15) is 27.6 Å². The van der Waals surface area contributed by atoms with E-state index in [-0.39, 0.29) is 23.1 Å². The molecule has 2 fully saturated rings. The fourth-order valence-electron chi connectivity index (χ4n) is 3.77. The van der Waals surface area contributed by atoms with E-state index in [9.17, 15) is 14.4 Å². The molecule has 7 nitrogen and oxygen atoms in total. The van der Waals surface area contributed by atoms with Crippen molar-refractivity contribution >= 4 is 17.7 Å². The molecule has 4 rings (SSSR count). The summed E-state index contributed by atoms with van der Waals surface area (Å²) < 4.78 is 5.19. The molecular formula is C19H23N3O4. The van der Waals surface area contributed by atoms with Crippen molar-refractivity contribution in [2.75, 3.05) is 52.5 Å². The quantitative estimate of drug-likeness (QED) is 0.733. The zero-order valence-electron chi connectivity index (χ0n) is 14.9. The Morgan fingerprint density at radius 1 is 1.00 bits per heavy atom. The van der Waals surface area contributed by atoms with E-state index in [2.05, 4.69) is 4.90 Å². The van der Waals surface area contributed by atoms with E-state index in [1.54, 1.807) is 24.3 Å². The van der Waals surface area contributed by atoms with Crippen LogP contribution in [0.3, 0.4) is 0 Å². The van der Waals surface area contributed by atoms with Crippen LogP contribution < -0.4 is 0 Å². The molecule has 1 aromatic carbocycles. The van der Waals surface area contributed by atoms with Gasteiger partial charge in [-0.05, 0) is 19.1 Å². The van der Waals surface area contributed by atoms with E-state index in [1.807, 2.05) is 11.8 Å². The molecule has 0 radical (unpaired) electrons. The van der Waals surface area contributed by atoms with Crippen molar-refractivity contribution in [3.8, 4) is 0 Å². The largest absolute Gasteiger partial charge is 0.379 e. The summed E-state index contributed by atoms with van der Waals surface area (Å²) in [5.74, 6) is -0.251. The summed E-state index contributed by atoms with van der Waals surface area (Å²) in [4.78, 5) is 42.7. The van der Waals surface area contributed by atoms with E-state index in [4.69, 9.17) is 4.74 Å². The number of carbonyl (C=O) groups is 3. The maximum atomic E-state index is 12.5. The molecule has 3 amide bonds. The van der Waals surface area contributed by atoms with Crippen LogP contribution in [0, 0.1) is 5.41 Å². The van der Waals surface area contributed by atoms with E-state index < -0.39 is 0 Å². The van der Waals surface area contributed by atoms with Crippen molar-refractivity contribution in [2.45, 2.75) is 6.92 Å². The van der Waals surface area contributed by atoms with Crippen LogP contribution in [0.25, 0.3) is 0 Å². The first-order chi connectivity index (χ1) is 12.5. The molecule has 2 saturated heterocycles. The molecule has 3 heterocycles. The number of rotatable bonds is 4. The second kappa shape index (κ2) is 6.48. The number of benzene rings is 1. The van der Waals surface area contributed by atoms with Crippen LogP contribution in [0.4, 0.5) is 0 Å². The number of amides is 3. The fraction of sp³-hybridized carbons (Fsp3) is 0.526. The van der Waals surface area contributed by atoms with Gasteiger partial charge in [-0.3, -0.25) is 24.2 Å². The van der Waals surface area contributed by atoms with Crippen LogP contribution >= 0.6 is 0 Å². The van der Waals surface area contributed by atoms with Gasteiger partial charge >= 0.3 is 0 Å². The zero-order chi connectivity index (χ0) is 18.3. The third-order valence-corrected chi connectivity index (χ3v) is 5.54. The minimum absolute atomic E-state index is 0.170. The van der Waals surface area contributed by atoms with Gasteiger partial charge in [0.15, 0.2) is 0 Å². The first-order valence-corrected chi connectivity index (χ1v) is 9.04. The van der Waals surface area contributed by atoms with Crippen LogP contribution in [-0.2, 0) is 9.53 Å². The molecular weight excluding hydrogens is 334 g/mol. The summed E-state index contributed by atoms with van der Waals surface area (Å²) in [7, 11) is 0. The van der Waals surface area contributed by atoms with Crippen molar-refractivity contribution in [2.24, 2.45) is 5.41 Å². The van der Waals surface area contributed by atoms with Gasteiger partial charge in [0.1, 0.15) is 0 Å². The Morgan fingerprint density at radius 3 is 2.08 bits per heavy atom. The molecule has 0 N–H and O–H groups in total. The number of nitrogens with zero attached hydrogens (tertiary/aromatic N) is 3. The molecule has 7 heteroatoms. The summed E-state index contributed by atoms with van der Waals surface area (Å²) in [6.07, 6.45) is 0. The standard InChI is InChI=1S/C19H23N3O4/c1-19(12-26-13-19)18(25)21-9-6-20(7-10-21)8-11-22-16(23)14-4-2-3-5-15(14)17(22)24/h2-5H,6-13H2,1H3. The lowest BCUT2D eigenvalue weighted by atomic mass is 9.86. The normalized spacial score (nSPS) is 22.3. The number of hydrogen-bond donors (Lipinski definition) is 0. The molecule has 0 aromatic heterocycles. The highest BCUT2D eigenvalue weighted by Crippen LogP contribution is 2.29. The zero-order valence-corrected chi connectivity index (χ0v) is 14.9. The Balaban J connectivity index is 1.29. The number of imide groups is 1. The number of hydrogen-bond acceptors (Lipinski definition) is 5.